The summed E-state index contributed by atoms with van der Waals surface area (Å²) in [6, 6.07) is 4.54. The molecule has 0 aliphatic heterocycles. The molecule has 0 spiro atoms. The Bertz CT molecular complexity index is 587. The van der Waals surface area contributed by atoms with Crippen molar-refractivity contribution in [2.45, 2.75) is 37.5 Å². The zero-order chi connectivity index (χ0) is 17.4. The average molecular weight is 342 g/mol. The molecule has 7 nitrogen and oxygen atoms in total. The maximum absolute atomic E-state index is 11.6. The molecule has 2 N–H and O–H groups in total. The van der Waals surface area contributed by atoms with E-state index in [0.717, 1.165) is 0 Å². The lowest BCUT2D eigenvalue weighted by Gasteiger charge is -2.16. The van der Waals surface area contributed by atoms with Crippen molar-refractivity contribution < 1.29 is 28.2 Å². The lowest BCUT2D eigenvalue weighted by atomic mass is 10.0. The van der Waals surface area contributed by atoms with Crippen LogP contribution in [-0.4, -0.2) is 38.9 Å². The summed E-state index contributed by atoms with van der Waals surface area (Å²) in [6.45, 7) is 3.78. The van der Waals surface area contributed by atoms with Crippen molar-refractivity contribution in [2.75, 3.05) is 13.2 Å². The SMILES string of the molecule is CC(C)c1cc(OCC(=O)NCCCC(=O)O)ccc1S(=O)[O-]. The number of hydrogen-bond donors (Lipinski definition) is 2. The van der Waals surface area contributed by atoms with Gasteiger partial charge in [0.25, 0.3) is 5.91 Å². The van der Waals surface area contributed by atoms with Gasteiger partial charge in [-0.05, 0) is 47.2 Å². The number of carbonyl (C=O) groups excluding carboxylic acids is 1. The van der Waals surface area contributed by atoms with Gasteiger partial charge in [0.1, 0.15) is 5.75 Å². The van der Waals surface area contributed by atoms with Crippen molar-refractivity contribution >= 4 is 23.0 Å². The van der Waals surface area contributed by atoms with Crippen LogP contribution in [0.25, 0.3) is 0 Å². The third-order valence-electron chi connectivity index (χ3n) is 3.04. The highest BCUT2D eigenvalue weighted by atomic mass is 32.2. The molecule has 1 amide bonds. The fraction of sp³-hybridized carbons (Fsp3) is 0.467. The van der Waals surface area contributed by atoms with Gasteiger partial charge in [0, 0.05) is 17.9 Å². The first kappa shape index (κ1) is 19.1. The summed E-state index contributed by atoms with van der Waals surface area (Å²) in [5.41, 5.74) is 0.623. The van der Waals surface area contributed by atoms with E-state index in [-0.39, 0.29) is 36.3 Å². The molecular weight excluding hydrogens is 322 g/mol. The Hall–Kier alpha value is -1.93. The molecule has 1 rings (SSSR count). The minimum absolute atomic E-state index is 0.00343. The molecule has 0 fully saturated rings. The first-order valence-electron chi connectivity index (χ1n) is 7.15. The predicted octanol–water partition coefficient (Wildman–Crippen LogP) is 1.41. The van der Waals surface area contributed by atoms with E-state index in [4.69, 9.17) is 9.84 Å². The zero-order valence-corrected chi connectivity index (χ0v) is 13.9. The average Bonchev–Trinajstić information content (AvgIpc) is 2.48. The summed E-state index contributed by atoms with van der Waals surface area (Å²) in [4.78, 5) is 22.1. The van der Waals surface area contributed by atoms with Crippen LogP contribution >= 0.6 is 0 Å². The van der Waals surface area contributed by atoms with E-state index in [1.165, 1.54) is 12.1 Å². The summed E-state index contributed by atoms with van der Waals surface area (Å²) < 4.78 is 27.6. The van der Waals surface area contributed by atoms with Gasteiger partial charge in [-0.1, -0.05) is 13.8 Å². The van der Waals surface area contributed by atoms with E-state index in [2.05, 4.69) is 5.32 Å². The molecule has 128 valence electrons. The van der Waals surface area contributed by atoms with Crippen LogP contribution in [0, 0.1) is 0 Å². The number of rotatable bonds is 9. The quantitative estimate of drug-likeness (QED) is 0.518. The Balaban J connectivity index is 2.54. The van der Waals surface area contributed by atoms with Crippen LogP contribution in [0.5, 0.6) is 5.75 Å². The standard InChI is InChI=1S/C15H21NO6S/c1-10(2)12-8-11(5-6-13(12)23(20)21)22-9-14(17)16-7-3-4-15(18)19/h5-6,8,10H,3-4,7,9H2,1-2H3,(H,16,17)(H,18,19)(H,20,21)/p-1. The molecule has 0 aliphatic rings. The number of nitrogens with one attached hydrogen (secondary N) is 1. The molecular formula is C15H20NO6S-. The summed E-state index contributed by atoms with van der Waals surface area (Å²) in [5, 5.41) is 11.0. The summed E-state index contributed by atoms with van der Waals surface area (Å²) >= 11 is -2.32. The third kappa shape index (κ3) is 6.79. The second kappa shape index (κ2) is 9.26. The van der Waals surface area contributed by atoms with Crippen LogP contribution in [0.1, 0.15) is 38.2 Å². The topological polar surface area (TPSA) is 116 Å². The van der Waals surface area contributed by atoms with Gasteiger partial charge >= 0.3 is 5.97 Å². The molecule has 0 radical (unpaired) electrons. The van der Waals surface area contributed by atoms with Crippen molar-refractivity contribution in [3.05, 3.63) is 23.8 Å². The van der Waals surface area contributed by atoms with Crippen LogP contribution in [0.15, 0.2) is 23.1 Å². The molecule has 0 aliphatic carbocycles. The molecule has 0 saturated heterocycles. The Kier molecular flexibility index (Phi) is 7.70. The second-order valence-corrected chi connectivity index (χ2v) is 6.13. The van der Waals surface area contributed by atoms with Crippen molar-refractivity contribution in [2.24, 2.45) is 0 Å². The molecule has 0 aromatic heterocycles. The van der Waals surface area contributed by atoms with E-state index in [9.17, 15) is 18.4 Å². The lowest BCUT2D eigenvalue weighted by molar-refractivity contribution is -0.137. The largest absolute Gasteiger partial charge is 0.768 e. The number of carbonyl (C=O) groups is 2. The van der Waals surface area contributed by atoms with Crippen LogP contribution in [0.2, 0.25) is 0 Å². The van der Waals surface area contributed by atoms with Crippen molar-refractivity contribution in [3.8, 4) is 5.75 Å². The lowest BCUT2D eigenvalue weighted by Crippen LogP contribution is -2.30. The molecule has 1 unspecified atom stereocenters. The number of ether oxygens (including phenoxy) is 1. The molecule has 1 atom stereocenters. The maximum atomic E-state index is 11.6. The Labute approximate surface area is 137 Å². The number of aliphatic carboxylic acids is 1. The smallest absolute Gasteiger partial charge is 0.303 e. The number of benzene rings is 1. The fourth-order valence-corrected chi connectivity index (χ4v) is 2.55. The Morgan fingerprint density at radius 2 is 2.09 bits per heavy atom. The first-order valence-corrected chi connectivity index (χ1v) is 8.23. The van der Waals surface area contributed by atoms with E-state index < -0.39 is 17.0 Å². The van der Waals surface area contributed by atoms with Gasteiger partial charge in [0.15, 0.2) is 6.61 Å². The van der Waals surface area contributed by atoms with Gasteiger partial charge in [-0.25, -0.2) is 0 Å². The Morgan fingerprint density at radius 3 is 2.65 bits per heavy atom. The Morgan fingerprint density at radius 1 is 1.39 bits per heavy atom. The number of carboxylic acid groups (broad SMARTS) is 1. The minimum atomic E-state index is -2.32. The van der Waals surface area contributed by atoms with Crippen LogP contribution in [0.4, 0.5) is 0 Å². The van der Waals surface area contributed by atoms with Gasteiger partial charge in [-0.2, -0.15) is 0 Å². The van der Waals surface area contributed by atoms with Crippen LogP contribution in [-0.2, 0) is 20.7 Å². The number of carboxylic acids is 1. The zero-order valence-electron chi connectivity index (χ0n) is 13.0. The fourth-order valence-electron chi connectivity index (χ4n) is 1.89. The molecule has 0 bridgehead atoms. The molecule has 1 aromatic rings. The number of amides is 1. The van der Waals surface area contributed by atoms with E-state index in [1.54, 1.807) is 6.07 Å². The van der Waals surface area contributed by atoms with Crippen molar-refractivity contribution in [1.29, 1.82) is 0 Å². The number of hydrogen-bond acceptors (Lipinski definition) is 5. The summed E-state index contributed by atoms with van der Waals surface area (Å²) in [7, 11) is 0. The molecule has 23 heavy (non-hydrogen) atoms. The van der Waals surface area contributed by atoms with Gasteiger partial charge in [-0.3, -0.25) is 13.8 Å². The van der Waals surface area contributed by atoms with Gasteiger partial charge in [0.2, 0.25) is 0 Å². The maximum Gasteiger partial charge on any atom is 0.303 e. The van der Waals surface area contributed by atoms with E-state index in [1.807, 2.05) is 13.8 Å². The summed E-state index contributed by atoms with van der Waals surface area (Å²) in [6.07, 6.45) is 0.343. The normalized spacial score (nSPS) is 12.0. The monoisotopic (exact) mass is 342 g/mol. The molecule has 0 saturated carbocycles. The molecule has 1 aromatic carbocycles. The van der Waals surface area contributed by atoms with Gasteiger partial charge in [-0.15, -0.1) is 0 Å². The van der Waals surface area contributed by atoms with Crippen molar-refractivity contribution in [1.82, 2.24) is 5.32 Å². The molecule has 8 heteroatoms. The molecule has 0 heterocycles. The summed E-state index contributed by atoms with van der Waals surface area (Å²) in [5.74, 6) is -0.870. The third-order valence-corrected chi connectivity index (χ3v) is 3.77. The van der Waals surface area contributed by atoms with E-state index >= 15 is 0 Å². The first-order chi connectivity index (χ1) is 10.8. The highest BCUT2D eigenvalue weighted by Gasteiger charge is 2.10. The van der Waals surface area contributed by atoms with E-state index in [0.29, 0.717) is 17.7 Å². The predicted molar refractivity (Wildman–Crippen MR) is 83.1 cm³/mol. The van der Waals surface area contributed by atoms with Gasteiger partial charge in [0.05, 0.1) is 0 Å². The van der Waals surface area contributed by atoms with Crippen LogP contribution < -0.4 is 10.1 Å². The van der Waals surface area contributed by atoms with Crippen LogP contribution in [0.3, 0.4) is 0 Å². The van der Waals surface area contributed by atoms with Gasteiger partial charge < -0.3 is 19.7 Å². The minimum Gasteiger partial charge on any atom is -0.768 e. The highest BCUT2D eigenvalue weighted by molar-refractivity contribution is 7.79. The second-order valence-electron chi connectivity index (χ2n) is 5.22. The highest BCUT2D eigenvalue weighted by Crippen LogP contribution is 2.26. The van der Waals surface area contributed by atoms with Crippen molar-refractivity contribution in [3.63, 3.8) is 0 Å².